The number of esters is 1. The number of ether oxygens (including phenoxy) is 1. The van der Waals surface area contributed by atoms with Crippen LogP contribution in [0.1, 0.15) is 35.8 Å². The molecule has 0 spiro atoms. The van der Waals surface area contributed by atoms with Gasteiger partial charge in [-0.15, -0.1) is 11.3 Å². The third kappa shape index (κ3) is 5.60. The maximum atomic E-state index is 12.9. The molecule has 0 saturated carbocycles. The van der Waals surface area contributed by atoms with Crippen LogP contribution < -0.4 is 5.32 Å². The van der Waals surface area contributed by atoms with E-state index in [1.54, 1.807) is 17.2 Å². The summed E-state index contributed by atoms with van der Waals surface area (Å²) in [6.45, 7) is 3.17. The van der Waals surface area contributed by atoms with Crippen LogP contribution in [-0.2, 0) is 20.7 Å². The van der Waals surface area contributed by atoms with E-state index in [4.69, 9.17) is 4.74 Å². The number of rotatable bonds is 6. The number of anilines is 1. The van der Waals surface area contributed by atoms with E-state index in [9.17, 15) is 18.8 Å². The molecule has 1 aromatic carbocycles. The first-order valence-electron chi connectivity index (χ1n) is 9.42. The van der Waals surface area contributed by atoms with Crippen molar-refractivity contribution in [1.29, 1.82) is 0 Å². The molecule has 0 unspecified atom stereocenters. The molecule has 2 aromatic rings. The number of piperidine rings is 1. The van der Waals surface area contributed by atoms with E-state index in [0.717, 1.165) is 0 Å². The number of hydrogen-bond acceptors (Lipinski definition) is 6. The minimum absolute atomic E-state index is 0.0611. The Morgan fingerprint density at radius 3 is 2.59 bits per heavy atom. The SMILES string of the molecule is CCOC(=O)C1CCN(C(=O)Cc2csc(NC(=O)c3ccc(F)cc3)n2)CC1. The zero-order valence-electron chi connectivity index (χ0n) is 16.0. The maximum absolute atomic E-state index is 12.9. The predicted octanol–water partition coefficient (Wildman–Crippen LogP) is 2.88. The summed E-state index contributed by atoms with van der Waals surface area (Å²) < 4.78 is 18.0. The van der Waals surface area contributed by atoms with E-state index in [0.29, 0.717) is 48.9 Å². The highest BCUT2D eigenvalue weighted by atomic mass is 32.1. The van der Waals surface area contributed by atoms with Gasteiger partial charge < -0.3 is 9.64 Å². The zero-order chi connectivity index (χ0) is 20.8. The van der Waals surface area contributed by atoms with Gasteiger partial charge in [-0.1, -0.05) is 0 Å². The van der Waals surface area contributed by atoms with E-state index in [1.165, 1.54) is 35.6 Å². The van der Waals surface area contributed by atoms with Gasteiger partial charge in [0.1, 0.15) is 5.82 Å². The lowest BCUT2D eigenvalue weighted by atomic mass is 9.97. The van der Waals surface area contributed by atoms with Crippen molar-refractivity contribution < 1.29 is 23.5 Å². The lowest BCUT2D eigenvalue weighted by Gasteiger charge is -2.30. The van der Waals surface area contributed by atoms with Crippen molar-refractivity contribution in [2.24, 2.45) is 5.92 Å². The second-order valence-electron chi connectivity index (χ2n) is 6.69. The van der Waals surface area contributed by atoms with Crippen molar-refractivity contribution in [2.75, 3.05) is 25.0 Å². The van der Waals surface area contributed by atoms with Gasteiger partial charge in [0.2, 0.25) is 5.91 Å². The molecular formula is C20H22FN3O4S. The Morgan fingerprint density at radius 2 is 1.93 bits per heavy atom. The molecule has 0 aliphatic carbocycles. The minimum Gasteiger partial charge on any atom is -0.466 e. The number of carbonyl (C=O) groups excluding carboxylic acids is 3. The number of nitrogens with one attached hydrogen (secondary N) is 1. The largest absolute Gasteiger partial charge is 0.466 e. The Labute approximate surface area is 171 Å². The maximum Gasteiger partial charge on any atom is 0.309 e. The molecule has 1 saturated heterocycles. The third-order valence-electron chi connectivity index (χ3n) is 4.68. The van der Waals surface area contributed by atoms with Crippen molar-refractivity contribution in [1.82, 2.24) is 9.88 Å². The Balaban J connectivity index is 1.50. The molecular weight excluding hydrogens is 397 g/mol. The number of benzene rings is 1. The Kier molecular flexibility index (Phi) is 6.92. The van der Waals surface area contributed by atoms with Crippen molar-refractivity contribution in [3.63, 3.8) is 0 Å². The van der Waals surface area contributed by atoms with Gasteiger partial charge in [0.15, 0.2) is 5.13 Å². The summed E-state index contributed by atoms with van der Waals surface area (Å²) in [5, 5.41) is 4.75. The van der Waals surface area contributed by atoms with Gasteiger partial charge in [0.25, 0.3) is 5.91 Å². The number of halogens is 1. The van der Waals surface area contributed by atoms with Crippen molar-refractivity contribution >= 4 is 34.3 Å². The summed E-state index contributed by atoms with van der Waals surface area (Å²) in [5.41, 5.74) is 0.894. The van der Waals surface area contributed by atoms with Gasteiger partial charge in [-0.3, -0.25) is 19.7 Å². The van der Waals surface area contributed by atoms with Crippen LogP contribution in [-0.4, -0.2) is 47.4 Å². The van der Waals surface area contributed by atoms with Crippen molar-refractivity contribution in [3.8, 4) is 0 Å². The lowest BCUT2D eigenvalue weighted by Crippen LogP contribution is -2.41. The lowest BCUT2D eigenvalue weighted by molar-refractivity contribution is -0.151. The first-order chi connectivity index (χ1) is 14.0. The number of amides is 2. The van der Waals surface area contributed by atoms with E-state index < -0.39 is 11.7 Å². The second-order valence-corrected chi connectivity index (χ2v) is 7.55. The first-order valence-corrected chi connectivity index (χ1v) is 10.3. The molecule has 1 N–H and O–H groups in total. The standard InChI is InChI=1S/C20H22FN3O4S/c1-2-28-19(27)14-7-9-24(10-8-14)17(25)11-16-12-29-20(22-16)23-18(26)13-3-5-15(21)6-4-13/h3-6,12,14H,2,7-11H2,1H3,(H,22,23,26). The zero-order valence-corrected chi connectivity index (χ0v) is 16.8. The number of thiazole rings is 1. The molecule has 2 heterocycles. The van der Waals surface area contributed by atoms with Crippen LogP contribution in [0.2, 0.25) is 0 Å². The van der Waals surface area contributed by atoms with Crippen LogP contribution in [0.3, 0.4) is 0 Å². The average molecular weight is 419 g/mol. The highest BCUT2D eigenvalue weighted by Crippen LogP contribution is 2.21. The summed E-state index contributed by atoms with van der Waals surface area (Å²) in [5.74, 6) is -1.21. The Bertz CT molecular complexity index is 876. The van der Waals surface area contributed by atoms with Gasteiger partial charge in [-0.05, 0) is 44.0 Å². The minimum atomic E-state index is -0.414. The van der Waals surface area contributed by atoms with E-state index in [1.807, 2.05) is 0 Å². The first kappa shape index (κ1) is 20.9. The topological polar surface area (TPSA) is 88.6 Å². The molecule has 0 bridgehead atoms. The number of likely N-dealkylation sites (tertiary alicyclic amines) is 1. The van der Waals surface area contributed by atoms with Crippen LogP contribution in [0.5, 0.6) is 0 Å². The summed E-state index contributed by atoms with van der Waals surface area (Å²) in [4.78, 5) is 42.5. The second kappa shape index (κ2) is 9.60. The molecule has 1 fully saturated rings. The Hall–Kier alpha value is -2.81. The number of aromatic nitrogens is 1. The molecule has 1 aliphatic heterocycles. The van der Waals surface area contributed by atoms with Gasteiger partial charge in [0, 0.05) is 24.0 Å². The normalized spacial score (nSPS) is 14.5. The van der Waals surface area contributed by atoms with Crippen LogP contribution in [0.25, 0.3) is 0 Å². The molecule has 154 valence electrons. The predicted molar refractivity (Wildman–Crippen MR) is 106 cm³/mol. The Morgan fingerprint density at radius 1 is 1.24 bits per heavy atom. The summed E-state index contributed by atoms with van der Waals surface area (Å²) >= 11 is 1.23. The third-order valence-corrected chi connectivity index (χ3v) is 5.49. The highest BCUT2D eigenvalue weighted by molar-refractivity contribution is 7.14. The summed E-state index contributed by atoms with van der Waals surface area (Å²) in [6, 6.07) is 5.21. The molecule has 0 atom stereocenters. The number of carbonyl (C=O) groups is 3. The smallest absolute Gasteiger partial charge is 0.309 e. The van der Waals surface area contributed by atoms with E-state index in [2.05, 4.69) is 10.3 Å². The molecule has 1 aliphatic rings. The summed E-state index contributed by atoms with van der Waals surface area (Å²) in [6.07, 6.45) is 1.33. The van der Waals surface area contributed by atoms with Crippen LogP contribution in [0, 0.1) is 11.7 Å². The fraction of sp³-hybridized carbons (Fsp3) is 0.400. The number of hydrogen-bond donors (Lipinski definition) is 1. The molecule has 7 nitrogen and oxygen atoms in total. The highest BCUT2D eigenvalue weighted by Gasteiger charge is 2.28. The van der Waals surface area contributed by atoms with Gasteiger partial charge >= 0.3 is 5.97 Å². The molecule has 9 heteroatoms. The summed E-state index contributed by atoms with van der Waals surface area (Å²) in [7, 11) is 0. The van der Waals surface area contributed by atoms with Crippen LogP contribution in [0.4, 0.5) is 9.52 Å². The molecule has 2 amide bonds. The monoisotopic (exact) mass is 419 g/mol. The van der Waals surface area contributed by atoms with E-state index in [-0.39, 0.29) is 24.2 Å². The fourth-order valence-electron chi connectivity index (χ4n) is 3.11. The van der Waals surface area contributed by atoms with Crippen molar-refractivity contribution in [2.45, 2.75) is 26.2 Å². The van der Waals surface area contributed by atoms with Gasteiger partial charge in [-0.2, -0.15) is 0 Å². The van der Waals surface area contributed by atoms with Crippen LogP contribution in [0.15, 0.2) is 29.6 Å². The molecule has 0 radical (unpaired) electrons. The van der Waals surface area contributed by atoms with Gasteiger partial charge in [0.05, 0.1) is 24.6 Å². The van der Waals surface area contributed by atoms with E-state index >= 15 is 0 Å². The molecule has 29 heavy (non-hydrogen) atoms. The molecule has 3 rings (SSSR count). The fourth-order valence-corrected chi connectivity index (χ4v) is 3.81. The molecule has 1 aromatic heterocycles. The van der Waals surface area contributed by atoms with Crippen LogP contribution >= 0.6 is 11.3 Å². The van der Waals surface area contributed by atoms with Gasteiger partial charge in [-0.25, -0.2) is 9.37 Å². The van der Waals surface area contributed by atoms with Crippen molar-refractivity contribution in [3.05, 3.63) is 46.7 Å². The average Bonchev–Trinajstić information content (AvgIpc) is 3.15. The quantitative estimate of drug-likeness (QED) is 0.728. The number of nitrogens with zero attached hydrogens (tertiary/aromatic N) is 2.